The number of aryl methyl sites for hydroxylation is 2. The first-order valence-electron chi connectivity index (χ1n) is 7.80. The normalized spacial score (nSPS) is 16.9. The Balaban J connectivity index is 1.73. The molecule has 0 bridgehead atoms. The molecule has 1 heterocycles. The third kappa shape index (κ3) is 5.04. The Kier molecular flexibility index (Phi) is 6.12. The second-order valence-electron chi connectivity index (χ2n) is 5.81. The Morgan fingerprint density at radius 2 is 2.00 bits per heavy atom. The van der Waals surface area contributed by atoms with E-state index in [1.165, 1.54) is 16.0 Å². The Morgan fingerprint density at radius 3 is 2.62 bits per heavy atom. The zero-order valence-corrected chi connectivity index (χ0v) is 14.1. The van der Waals surface area contributed by atoms with Crippen LogP contribution in [0.2, 0.25) is 0 Å². The molecule has 0 atom stereocenters. The second kappa shape index (κ2) is 7.85. The molecule has 0 saturated carbocycles. The number of carbonyl (C=O) groups excluding carboxylic acids is 1. The zero-order valence-electron chi connectivity index (χ0n) is 13.3. The maximum Gasteiger partial charge on any atom is 0.230 e. The van der Waals surface area contributed by atoms with Crippen LogP contribution in [0.1, 0.15) is 30.9 Å². The molecular formula is C17H26N2OS. The minimum atomic E-state index is 0.160. The third-order valence-corrected chi connectivity index (χ3v) is 5.24. The number of hydrogen-bond acceptors (Lipinski definition) is 3. The van der Waals surface area contributed by atoms with Crippen LogP contribution >= 0.6 is 11.8 Å². The van der Waals surface area contributed by atoms with E-state index in [-0.39, 0.29) is 5.91 Å². The third-order valence-electron chi connectivity index (χ3n) is 4.25. The number of carbonyl (C=O) groups is 1. The van der Waals surface area contributed by atoms with Crippen molar-refractivity contribution in [1.29, 1.82) is 0 Å². The van der Waals surface area contributed by atoms with Gasteiger partial charge in [-0.25, -0.2) is 0 Å². The molecule has 1 N–H and O–H groups in total. The lowest BCUT2D eigenvalue weighted by Crippen LogP contribution is -2.45. The molecular weight excluding hydrogens is 280 g/mol. The number of rotatable bonds is 5. The Labute approximate surface area is 132 Å². The number of hydrogen-bond donors (Lipinski definition) is 1. The van der Waals surface area contributed by atoms with Crippen molar-refractivity contribution >= 4 is 17.7 Å². The highest BCUT2D eigenvalue weighted by molar-refractivity contribution is 8.00. The Morgan fingerprint density at radius 1 is 1.29 bits per heavy atom. The summed E-state index contributed by atoms with van der Waals surface area (Å²) in [6, 6.07) is 6.74. The van der Waals surface area contributed by atoms with Crippen LogP contribution in [0.5, 0.6) is 0 Å². The molecule has 0 unspecified atom stereocenters. The molecule has 2 rings (SSSR count). The lowest BCUT2D eigenvalue weighted by atomic mass is 10.1. The van der Waals surface area contributed by atoms with Gasteiger partial charge in [-0.05, 0) is 56.5 Å². The summed E-state index contributed by atoms with van der Waals surface area (Å²) in [6.07, 6.45) is 2.15. The topological polar surface area (TPSA) is 32.3 Å². The number of nitrogens with one attached hydrogen (secondary N) is 1. The summed E-state index contributed by atoms with van der Waals surface area (Å²) in [5.74, 6) is 0.671. The highest BCUT2D eigenvalue weighted by atomic mass is 32.2. The molecule has 3 nitrogen and oxygen atoms in total. The summed E-state index contributed by atoms with van der Waals surface area (Å²) in [5.41, 5.74) is 2.58. The largest absolute Gasteiger partial charge is 0.353 e. The highest BCUT2D eigenvalue weighted by Crippen LogP contribution is 2.21. The molecule has 1 fully saturated rings. The molecule has 21 heavy (non-hydrogen) atoms. The summed E-state index contributed by atoms with van der Waals surface area (Å²) in [6.45, 7) is 9.74. The monoisotopic (exact) mass is 306 g/mol. The molecule has 0 aromatic heterocycles. The van der Waals surface area contributed by atoms with Gasteiger partial charge in [0.05, 0.1) is 5.75 Å². The molecule has 0 aliphatic carbocycles. The number of thioether (sulfide) groups is 1. The number of nitrogens with zero attached hydrogens (tertiary/aromatic N) is 1. The van der Waals surface area contributed by atoms with Crippen molar-refractivity contribution in [2.75, 3.05) is 25.4 Å². The summed E-state index contributed by atoms with van der Waals surface area (Å²) < 4.78 is 0. The van der Waals surface area contributed by atoms with Crippen molar-refractivity contribution in [3.05, 3.63) is 29.3 Å². The molecule has 116 valence electrons. The minimum Gasteiger partial charge on any atom is -0.353 e. The Hall–Kier alpha value is -1.00. The molecule has 1 amide bonds. The number of amides is 1. The van der Waals surface area contributed by atoms with Crippen molar-refractivity contribution in [1.82, 2.24) is 10.2 Å². The van der Waals surface area contributed by atoms with E-state index in [1.807, 2.05) is 0 Å². The summed E-state index contributed by atoms with van der Waals surface area (Å²) in [7, 11) is 0. The highest BCUT2D eigenvalue weighted by Gasteiger charge is 2.19. The molecule has 1 aromatic rings. The van der Waals surface area contributed by atoms with Gasteiger partial charge >= 0.3 is 0 Å². The van der Waals surface area contributed by atoms with Crippen LogP contribution in [0.15, 0.2) is 23.1 Å². The maximum atomic E-state index is 12.0. The number of benzene rings is 1. The van der Waals surface area contributed by atoms with Gasteiger partial charge in [-0.1, -0.05) is 13.0 Å². The lowest BCUT2D eigenvalue weighted by molar-refractivity contribution is -0.119. The van der Waals surface area contributed by atoms with Gasteiger partial charge < -0.3 is 10.2 Å². The summed E-state index contributed by atoms with van der Waals surface area (Å²) in [4.78, 5) is 15.7. The first-order chi connectivity index (χ1) is 10.1. The van der Waals surface area contributed by atoms with Crippen molar-refractivity contribution in [3.8, 4) is 0 Å². The summed E-state index contributed by atoms with van der Waals surface area (Å²) in [5, 5.41) is 3.17. The van der Waals surface area contributed by atoms with Crippen LogP contribution in [0.25, 0.3) is 0 Å². The fraction of sp³-hybridized carbons (Fsp3) is 0.588. The average molecular weight is 306 g/mol. The van der Waals surface area contributed by atoms with E-state index in [0.29, 0.717) is 11.8 Å². The van der Waals surface area contributed by atoms with E-state index in [1.54, 1.807) is 11.8 Å². The van der Waals surface area contributed by atoms with E-state index in [4.69, 9.17) is 0 Å². The Bertz CT molecular complexity index is 482. The molecule has 0 spiro atoms. The SMILES string of the molecule is CCN1CCC(NC(=O)CSc2ccc(C)c(C)c2)CC1. The molecule has 1 aromatic carbocycles. The molecule has 4 heteroatoms. The van der Waals surface area contributed by atoms with Crippen LogP contribution in [0, 0.1) is 13.8 Å². The van der Waals surface area contributed by atoms with Crippen LogP contribution in [0.3, 0.4) is 0 Å². The van der Waals surface area contributed by atoms with Crippen molar-refractivity contribution in [2.24, 2.45) is 0 Å². The van der Waals surface area contributed by atoms with Crippen LogP contribution in [-0.4, -0.2) is 42.2 Å². The van der Waals surface area contributed by atoms with Gasteiger partial charge in [0.25, 0.3) is 0 Å². The van der Waals surface area contributed by atoms with Gasteiger partial charge in [0.1, 0.15) is 0 Å². The predicted molar refractivity (Wildman–Crippen MR) is 89.9 cm³/mol. The summed E-state index contributed by atoms with van der Waals surface area (Å²) >= 11 is 1.62. The fourth-order valence-corrected chi connectivity index (χ4v) is 3.42. The van der Waals surface area contributed by atoms with Crippen molar-refractivity contribution < 1.29 is 4.79 Å². The van der Waals surface area contributed by atoms with Gasteiger partial charge in [0.15, 0.2) is 0 Å². The average Bonchev–Trinajstić information content (AvgIpc) is 2.49. The molecule has 1 saturated heterocycles. The quantitative estimate of drug-likeness (QED) is 0.849. The predicted octanol–water partition coefficient (Wildman–Crippen LogP) is 3.00. The van der Waals surface area contributed by atoms with E-state index < -0.39 is 0 Å². The van der Waals surface area contributed by atoms with E-state index in [0.717, 1.165) is 32.5 Å². The van der Waals surface area contributed by atoms with Gasteiger partial charge in [0.2, 0.25) is 5.91 Å². The van der Waals surface area contributed by atoms with Crippen LogP contribution in [0.4, 0.5) is 0 Å². The molecule has 1 aliphatic rings. The fourth-order valence-electron chi connectivity index (χ4n) is 2.62. The van der Waals surface area contributed by atoms with Crippen molar-refractivity contribution in [3.63, 3.8) is 0 Å². The minimum absolute atomic E-state index is 0.160. The number of likely N-dealkylation sites (tertiary alicyclic amines) is 1. The van der Waals surface area contributed by atoms with Gasteiger partial charge in [-0.15, -0.1) is 11.8 Å². The van der Waals surface area contributed by atoms with Gasteiger partial charge in [-0.3, -0.25) is 4.79 Å². The zero-order chi connectivity index (χ0) is 15.2. The first kappa shape index (κ1) is 16.4. The first-order valence-corrected chi connectivity index (χ1v) is 8.79. The van der Waals surface area contributed by atoms with Crippen molar-refractivity contribution in [2.45, 2.75) is 44.6 Å². The van der Waals surface area contributed by atoms with Crippen LogP contribution < -0.4 is 5.32 Å². The second-order valence-corrected chi connectivity index (χ2v) is 6.86. The lowest BCUT2D eigenvalue weighted by Gasteiger charge is -2.31. The molecule has 1 aliphatic heterocycles. The standard InChI is InChI=1S/C17H26N2OS/c1-4-19-9-7-15(8-10-19)18-17(20)12-21-16-6-5-13(2)14(3)11-16/h5-6,11,15H,4,7-10,12H2,1-3H3,(H,18,20). The number of piperidine rings is 1. The smallest absolute Gasteiger partial charge is 0.230 e. The molecule has 0 radical (unpaired) electrons. The van der Waals surface area contributed by atoms with Gasteiger partial charge in [0, 0.05) is 24.0 Å². The van der Waals surface area contributed by atoms with Gasteiger partial charge in [-0.2, -0.15) is 0 Å². The van der Waals surface area contributed by atoms with Crippen LogP contribution in [-0.2, 0) is 4.79 Å². The van der Waals surface area contributed by atoms with E-state index >= 15 is 0 Å². The van der Waals surface area contributed by atoms with E-state index in [9.17, 15) is 4.79 Å². The van der Waals surface area contributed by atoms with E-state index in [2.05, 4.69) is 49.2 Å². The maximum absolute atomic E-state index is 12.0.